The standard InChI is InChI=1S/C14H25N3/c1-12-5-6-15-13(12)11-16-7-9-17(10-8-16)14(2,3)4/h5-6,15H,7-11H2,1-4H3. The zero-order valence-corrected chi connectivity index (χ0v) is 11.6. The van der Waals surface area contributed by atoms with Crippen molar-refractivity contribution in [3.05, 3.63) is 23.5 Å². The first-order chi connectivity index (χ1) is 7.97. The van der Waals surface area contributed by atoms with Gasteiger partial charge in [0.1, 0.15) is 0 Å². The molecular formula is C14H25N3. The number of nitrogens with zero attached hydrogens (tertiary/aromatic N) is 2. The maximum absolute atomic E-state index is 3.34. The summed E-state index contributed by atoms with van der Waals surface area (Å²) in [6, 6.07) is 2.15. The second-order valence-electron chi connectivity index (χ2n) is 6.07. The molecule has 1 aliphatic heterocycles. The summed E-state index contributed by atoms with van der Waals surface area (Å²) in [6.07, 6.45) is 2.04. The van der Waals surface area contributed by atoms with E-state index in [1.807, 2.05) is 6.20 Å². The van der Waals surface area contributed by atoms with Crippen LogP contribution in [0.25, 0.3) is 0 Å². The van der Waals surface area contributed by atoms with Gasteiger partial charge in [-0.05, 0) is 39.3 Å². The predicted molar refractivity (Wildman–Crippen MR) is 72.1 cm³/mol. The van der Waals surface area contributed by atoms with E-state index in [1.165, 1.54) is 37.4 Å². The van der Waals surface area contributed by atoms with Gasteiger partial charge in [-0.15, -0.1) is 0 Å². The van der Waals surface area contributed by atoms with Crippen LogP contribution in [0.2, 0.25) is 0 Å². The highest BCUT2D eigenvalue weighted by atomic mass is 15.3. The van der Waals surface area contributed by atoms with Crippen molar-refractivity contribution in [1.29, 1.82) is 0 Å². The number of aryl methyl sites for hydroxylation is 1. The van der Waals surface area contributed by atoms with Crippen LogP contribution in [0.3, 0.4) is 0 Å². The van der Waals surface area contributed by atoms with Gasteiger partial charge in [-0.3, -0.25) is 9.80 Å². The van der Waals surface area contributed by atoms with E-state index < -0.39 is 0 Å². The van der Waals surface area contributed by atoms with Gasteiger partial charge in [0, 0.05) is 50.2 Å². The summed E-state index contributed by atoms with van der Waals surface area (Å²) < 4.78 is 0. The molecule has 0 amide bonds. The van der Waals surface area contributed by atoms with E-state index in [0.717, 1.165) is 6.54 Å². The average Bonchev–Trinajstić information content (AvgIpc) is 2.64. The third-order valence-corrected chi connectivity index (χ3v) is 3.77. The molecule has 17 heavy (non-hydrogen) atoms. The SMILES string of the molecule is Cc1cc[nH]c1CN1CCN(C(C)(C)C)CC1. The van der Waals surface area contributed by atoms with E-state index in [1.54, 1.807) is 0 Å². The molecule has 0 unspecified atom stereocenters. The minimum absolute atomic E-state index is 0.314. The molecule has 1 fully saturated rings. The molecule has 2 rings (SSSR count). The highest BCUT2D eigenvalue weighted by Crippen LogP contribution is 2.17. The summed E-state index contributed by atoms with van der Waals surface area (Å²) in [5.74, 6) is 0. The molecule has 1 aromatic heterocycles. The summed E-state index contributed by atoms with van der Waals surface area (Å²) in [5.41, 5.74) is 3.06. The molecule has 3 heteroatoms. The van der Waals surface area contributed by atoms with Gasteiger partial charge >= 0.3 is 0 Å². The molecule has 1 saturated heterocycles. The molecule has 1 N–H and O–H groups in total. The fraction of sp³-hybridized carbons (Fsp3) is 0.714. The number of hydrogen-bond donors (Lipinski definition) is 1. The topological polar surface area (TPSA) is 22.3 Å². The maximum Gasteiger partial charge on any atom is 0.0388 e. The highest BCUT2D eigenvalue weighted by molar-refractivity contribution is 5.18. The van der Waals surface area contributed by atoms with Gasteiger partial charge in [0.25, 0.3) is 0 Å². The fourth-order valence-corrected chi connectivity index (χ4v) is 2.45. The third-order valence-electron chi connectivity index (χ3n) is 3.77. The van der Waals surface area contributed by atoms with Crippen LogP contribution in [0.15, 0.2) is 12.3 Å². The van der Waals surface area contributed by atoms with Gasteiger partial charge < -0.3 is 4.98 Å². The Morgan fingerprint density at radius 2 is 1.82 bits per heavy atom. The lowest BCUT2D eigenvalue weighted by atomic mass is 10.0. The number of piperazine rings is 1. The van der Waals surface area contributed by atoms with E-state index in [9.17, 15) is 0 Å². The Bertz CT molecular complexity index is 354. The van der Waals surface area contributed by atoms with Crippen LogP contribution in [0.1, 0.15) is 32.0 Å². The largest absolute Gasteiger partial charge is 0.364 e. The van der Waals surface area contributed by atoms with Crippen LogP contribution in [0.5, 0.6) is 0 Å². The smallest absolute Gasteiger partial charge is 0.0388 e. The number of hydrogen-bond acceptors (Lipinski definition) is 2. The molecule has 0 saturated carbocycles. The molecule has 3 nitrogen and oxygen atoms in total. The Morgan fingerprint density at radius 1 is 1.18 bits per heavy atom. The first kappa shape index (κ1) is 12.7. The van der Waals surface area contributed by atoms with Crippen molar-refractivity contribution in [2.75, 3.05) is 26.2 Å². The Kier molecular flexibility index (Phi) is 3.59. The molecule has 0 bridgehead atoms. The molecule has 1 aromatic rings. The van der Waals surface area contributed by atoms with Crippen molar-refractivity contribution in [2.24, 2.45) is 0 Å². The quantitative estimate of drug-likeness (QED) is 0.849. The molecular weight excluding hydrogens is 210 g/mol. The first-order valence-corrected chi connectivity index (χ1v) is 6.57. The van der Waals surface area contributed by atoms with Crippen molar-refractivity contribution in [1.82, 2.24) is 14.8 Å². The second kappa shape index (κ2) is 4.83. The van der Waals surface area contributed by atoms with E-state index in [0.29, 0.717) is 5.54 Å². The molecule has 1 aliphatic rings. The van der Waals surface area contributed by atoms with E-state index in [4.69, 9.17) is 0 Å². The Balaban J connectivity index is 1.86. The van der Waals surface area contributed by atoms with Crippen molar-refractivity contribution in [3.63, 3.8) is 0 Å². The molecule has 0 aromatic carbocycles. The van der Waals surface area contributed by atoms with Gasteiger partial charge in [-0.25, -0.2) is 0 Å². The van der Waals surface area contributed by atoms with Gasteiger partial charge in [0.05, 0.1) is 0 Å². The normalized spacial score (nSPS) is 19.8. The maximum atomic E-state index is 3.34. The second-order valence-corrected chi connectivity index (χ2v) is 6.07. The summed E-state index contributed by atoms with van der Waals surface area (Å²) in [6.45, 7) is 14.9. The molecule has 96 valence electrons. The predicted octanol–water partition coefficient (Wildman–Crippen LogP) is 2.24. The molecule has 2 heterocycles. The number of aromatic amines is 1. The Labute approximate surface area is 105 Å². The average molecular weight is 235 g/mol. The van der Waals surface area contributed by atoms with E-state index in [2.05, 4.69) is 48.5 Å². The number of rotatable bonds is 2. The van der Waals surface area contributed by atoms with Crippen LogP contribution in [0.4, 0.5) is 0 Å². The van der Waals surface area contributed by atoms with Crippen LogP contribution in [0, 0.1) is 6.92 Å². The van der Waals surface area contributed by atoms with E-state index in [-0.39, 0.29) is 0 Å². The van der Waals surface area contributed by atoms with Gasteiger partial charge in [-0.1, -0.05) is 0 Å². The van der Waals surface area contributed by atoms with Crippen molar-refractivity contribution in [3.8, 4) is 0 Å². The lowest BCUT2D eigenvalue weighted by molar-refractivity contribution is 0.0585. The van der Waals surface area contributed by atoms with Crippen molar-refractivity contribution in [2.45, 2.75) is 39.8 Å². The first-order valence-electron chi connectivity index (χ1n) is 6.57. The number of aromatic nitrogens is 1. The summed E-state index contributed by atoms with van der Waals surface area (Å²) >= 11 is 0. The fourth-order valence-electron chi connectivity index (χ4n) is 2.45. The third kappa shape index (κ3) is 3.11. The van der Waals surface area contributed by atoms with Crippen LogP contribution < -0.4 is 0 Å². The Morgan fingerprint density at radius 3 is 2.29 bits per heavy atom. The van der Waals surface area contributed by atoms with Crippen molar-refractivity contribution < 1.29 is 0 Å². The van der Waals surface area contributed by atoms with Crippen molar-refractivity contribution >= 4 is 0 Å². The molecule has 0 spiro atoms. The summed E-state index contributed by atoms with van der Waals surface area (Å²) in [5, 5.41) is 0. The lowest BCUT2D eigenvalue weighted by Crippen LogP contribution is -2.53. The highest BCUT2D eigenvalue weighted by Gasteiger charge is 2.25. The van der Waals surface area contributed by atoms with Crippen LogP contribution in [-0.2, 0) is 6.54 Å². The molecule has 0 atom stereocenters. The van der Waals surface area contributed by atoms with E-state index >= 15 is 0 Å². The van der Waals surface area contributed by atoms with Gasteiger partial charge in [0.15, 0.2) is 0 Å². The lowest BCUT2D eigenvalue weighted by Gasteiger charge is -2.42. The zero-order valence-electron chi connectivity index (χ0n) is 11.6. The van der Waals surface area contributed by atoms with Crippen LogP contribution in [-0.4, -0.2) is 46.5 Å². The monoisotopic (exact) mass is 235 g/mol. The zero-order chi connectivity index (χ0) is 12.5. The van der Waals surface area contributed by atoms with Crippen LogP contribution >= 0.6 is 0 Å². The number of nitrogens with one attached hydrogen (secondary N) is 1. The summed E-state index contributed by atoms with van der Waals surface area (Å²) in [4.78, 5) is 8.46. The van der Waals surface area contributed by atoms with Gasteiger partial charge in [0.2, 0.25) is 0 Å². The Hall–Kier alpha value is -0.800. The molecule has 0 radical (unpaired) electrons. The minimum atomic E-state index is 0.314. The summed E-state index contributed by atoms with van der Waals surface area (Å²) in [7, 11) is 0. The minimum Gasteiger partial charge on any atom is -0.364 e. The number of H-pyrrole nitrogens is 1. The molecule has 0 aliphatic carbocycles. The van der Waals surface area contributed by atoms with Gasteiger partial charge in [-0.2, -0.15) is 0 Å².